The molecule has 126 valence electrons. The van der Waals surface area contributed by atoms with Gasteiger partial charge in [-0.15, -0.1) is 11.8 Å². The van der Waals surface area contributed by atoms with Crippen molar-refractivity contribution in [3.05, 3.63) is 60.2 Å². The molecule has 1 aliphatic carbocycles. The number of ether oxygens (including phenoxy) is 1. The van der Waals surface area contributed by atoms with Crippen molar-refractivity contribution in [2.75, 3.05) is 12.9 Å². The molecule has 0 bridgehead atoms. The van der Waals surface area contributed by atoms with Gasteiger partial charge in [0.2, 0.25) is 5.91 Å². The second-order valence-electron chi connectivity index (χ2n) is 6.12. The van der Waals surface area contributed by atoms with Crippen molar-refractivity contribution in [2.45, 2.75) is 36.1 Å². The van der Waals surface area contributed by atoms with E-state index in [9.17, 15) is 4.79 Å². The monoisotopic (exact) mass is 341 g/mol. The number of methoxy groups -OCH3 is 1. The van der Waals surface area contributed by atoms with Crippen molar-refractivity contribution in [2.24, 2.45) is 0 Å². The fourth-order valence-electron chi connectivity index (χ4n) is 3.04. The van der Waals surface area contributed by atoms with Crippen LogP contribution in [0.1, 0.15) is 31.2 Å². The highest BCUT2D eigenvalue weighted by Gasteiger charge is 2.39. The Kier molecular flexibility index (Phi) is 5.46. The molecule has 2 aromatic carbocycles. The van der Waals surface area contributed by atoms with E-state index in [0.717, 1.165) is 29.2 Å². The average Bonchev–Trinajstić information content (AvgIpc) is 2.59. The molecule has 0 unspecified atom stereocenters. The third-order valence-electron chi connectivity index (χ3n) is 4.57. The minimum absolute atomic E-state index is 0.136. The Balaban J connectivity index is 1.50. The minimum Gasteiger partial charge on any atom is -0.497 e. The van der Waals surface area contributed by atoms with Gasteiger partial charge in [0.1, 0.15) is 5.75 Å². The van der Waals surface area contributed by atoms with Gasteiger partial charge in [-0.05, 0) is 49.1 Å². The van der Waals surface area contributed by atoms with Crippen molar-refractivity contribution >= 4 is 17.7 Å². The lowest BCUT2D eigenvalue weighted by molar-refractivity contribution is -0.123. The molecule has 24 heavy (non-hydrogen) atoms. The molecule has 0 aromatic heterocycles. The van der Waals surface area contributed by atoms with Crippen LogP contribution in [0.3, 0.4) is 0 Å². The first-order valence-corrected chi connectivity index (χ1v) is 9.34. The number of benzene rings is 2. The minimum atomic E-state index is -0.136. The standard InChI is InChI=1S/C20H23NO2S/c1-23-17-8-10-18(11-9-17)24-15-12-19(22)21-20(13-5-14-20)16-6-3-2-4-7-16/h2-4,6-11H,5,12-15H2,1H3,(H,21,22). The fraction of sp³-hybridized carbons (Fsp3) is 0.350. The second kappa shape index (κ2) is 7.75. The number of amides is 1. The molecular weight excluding hydrogens is 318 g/mol. The average molecular weight is 341 g/mol. The number of hydrogen-bond donors (Lipinski definition) is 1. The van der Waals surface area contributed by atoms with Gasteiger partial charge >= 0.3 is 0 Å². The van der Waals surface area contributed by atoms with Gasteiger partial charge in [0.15, 0.2) is 0 Å². The number of nitrogens with one attached hydrogen (secondary N) is 1. The largest absolute Gasteiger partial charge is 0.497 e. The van der Waals surface area contributed by atoms with Crippen molar-refractivity contribution in [3.8, 4) is 5.75 Å². The van der Waals surface area contributed by atoms with E-state index in [4.69, 9.17) is 4.74 Å². The maximum Gasteiger partial charge on any atom is 0.221 e. The molecular formula is C20H23NO2S. The summed E-state index contributed by atoms with van der Waals surface area (Å²) in [7, 11) is 1.66. The molecule has 0 radical (unpaired) electrons. The van der Waals surface area contributed by atoms with Gasteiger partial charge in [-0.1, -0.05) is 30.3 Å². The summed E-state index contributed by atoms with van der Waals surface area (Å²) < 4.78 is 5.15. The Bertz CT molecular complexity index is 666. The van der Waals surface area contributed by atoms with Crippen LogP contribution in [0, 0.1) is 0 Å². The van der Waals surface area contributed by atoms with Gasteiger partial charge in [-0.25, -0.2) is 0 Å². The predicted octanol–water partition coefficient (Wildman–Crippen LogP) is 4.37. The maximum absolute atomic E-state index is 12.4. The van der Waals surface area contributed by atoms with E-state index in [0.29, 0.717) is 6.42 Å². The highest BCUT2D eigenvalue weighted by molar-refractivity contribution is 7.99. The summed E-state index contributed by atoms with van der Waals surface area (Å²) >= 11 is 1.70. The Morgan fingerprint density at radius 3 is 2.42 bits per heavy atom. The molecule has 3 rings (SSSR count). The molecule has 1 N–H and O–H groups in total. The summed E-state index contributed by atoms with van der Waals surface area (Å²) in [5, 5.41) is 3.28. The predicted molar refractivity (Wildman–Crippen MR) is 98.4 cm³/mol. The van der Waals surface area contributed by atoms with Gasteiger partial charge in [0.25, 0.3) is 0 Å². The Morgan fingerprint density at radius 1 is 1.12 bits per heavy atom. The molecule has 0 aliphatic heterocycles. The van der Waals surface area contributed by atoms with Crippen LogP contribution in [0.2, 0.25) is 0 Å². The molecule has 3 nitrogen and oxygen atoms in total. The van der Waals surface area contributed by atoms with E-state index in [1.807, 2.05) is 42.5 Å². The Morgan fingerprint density at radius 2 is 1.83 bits per heavy atom. The van der Waals surface area contributed by atoms with Crippen LogP contribution in [0.15, 0.2) is 59.5 Å². The zero-order chi connectivity index (χ0) is 16.8. The maximum atomic E-state index is 12.4. The zero-order valence-electron chi connectivity index (χ0n) is 14.0. The van der Waals surface area contributed by atoms with Crippen molar-refractivity contribution in [3.63, 3.8) is 0 Å². The van der Waals surface area contributed by atoms with Crippen molar-refractivity contribution in [1.29, 1.82) is 0 Å². The number of hydrogen-bond acceptors (Lipinski definition) is 3. The van der Waals surface area contributed by atoms with Gasteiger partial charge in [0, 0.05) is 17.1 Å². The van der Waals surface area contributed by atoms with Crippen LogP contribution < -0.4 is 10.1 Å². The number of carbonyl (C=O) groups excluding carboxylic acids is 1. The lowest BCUT2D eigenvalue weighted by Gasteiger charge is -2.43. The SMILES string of the molecule is COc1ccc(SCCC(=O)NC2(c3ccccc3)CCC2)cc1. The smallest absolute Gasteiger partial charge is 0.221 e. The zero-order valence-corrected chi connectivity index (χ0v) is 14.8. The fourth-order valence-corrected chi connectivity index (χ4v) is 3.89. The third-order valence-corrected chi connectivity index (χ3v) is 5.58. The van der Waals surface area contributed by atoms with Gasteiger partial charge in [-0.3, -0.25) is 4.79 Å². The molecule has 1 aliphatic rings. The van der Waals surface area contributed by atoms with Gasteiger partial charge < -0.3 is 10.1 Å². The second-order valence-corrected chi connectivity index (χ2v) is 7.29. The lowest BCUT2D eigenvalue weighted by Crippen LogP contribution is -2.50. The van der Waals surface area contributed by atoms with E-state index in [1.54, 1.807) is 18.9 Å². The van der Waals surface area contributed by atoms with E-state index < -0.39 is 0 Å². The number of carbonyl (C=O) groups is 1. The van der Waals surface area contributed by atoms with Crippen LogP contribution in [0.25, 0.3) is 0 Å². The van der Waals surface area contributed by atoms with Crippen molar-refractivity contribution in [1.82, 2.24) is 5.32 Å². The molecule has 1 amide bonds. The van der Waals surface area contributed by atoms with Crippen molar-refractivity contribution < 1.29 is 9.53 Å². The normalized spacial score (nSPS) is 15.4. The summed E-state index contributed by atoms with van der Waals surface area (Å²) in [5.74, 6) is 1.77. The molecule has 0 saturated heterocycles. The van der Waals surface area contributed by atoms with E-state index in [-0.39, 0.29) is 11.4 Å². The van der Waals surface area contributed by atoms with Crippen LogP contribution in [-0.4, -0.2) is 18.8 Å². The molecule has 0 spiro atoms. The Labute approximate surface area is 147 Å². The molecule has 0 atom stereocenters. The van der Waals surface area contributed by atoms with Crippen LogP contribution >= 0.6 is 11.8 Å². The summed E-state index contributed by atoms with van der Waals surface area (Å²) in [4.78, 5) is 13.5. The quantitative estimate of drug-likeness (QED) is 0.760. The summed E-state index contributed by atoms with van der Waals surface area (Å²) in [6.45, 7) is 0. The summed E-state index contributed by atoms with van der Waals surface area (Å²) in [5.41, 5.74) is 1.09. The van der Waals surface area contributed by atoms with E-state index in [2.05, 4.69) is 17.4 Å². The van der Waals surface area contributed by atoms with Crippen LogP contribution in [0.5, 0.6) is 5.75 Å². The van der Waals surface area contributed by atoms with E-state index >= 15 is 0 Å². The lowest BCUT2D eigenvalue weighted by atomic mass is 9.71. The molecule has 1 saturated carbocycles. The third kappa shape index (κ3) is 3.93. The first kappa shape index (κ1) is 16.9. The van der Waals surface area contributed by atoms with Gasteiger partial charge in [0.05, 0.1) is 12.6 Å². The molecule has 2 aromatic rings. The summed E-state index contributed by atoms with van der Waals surface area (Å²) in [6, 6.07) is 18.3. The highest BCUT2D eigenvalue weighted by atomic mass is 32.2. The Hall–Kier alpha value is -1.94. The first-order valence-electron chi connectivity index (χ1n) is 8.35. The first-order chi connectivity index (χ1) is 11.7. The van der Waals surface area contributed by atoms with Crippen LogP contribution in [0.4, 0.5) is 0 Å². The van der Waals surface area contributed by atoms with Crippen LogP contribution in [-0.2, 0) is 10.3 Å². The topological polar surface area (TPSA) is 38.3 Å². The van der Waals surface area contributed by atoms with E-state index in [1.165, 1.54) is 12.0 Å². The summed E-state index contributed by atoms with van der Waals surface area (Å²) in [6.07, 6.45) is 3.78. The molecule has 4 heteroatoms. The molecule has 0 heterocycles. The van der Waals surface area contributed by atoms with Gasteiger partial charge in [-0.2, -0.15) is 0 Å². The molecule has 1 fully saturated rings. The number of rotatable bonds is 7. The highest BCUT2D eigenvalue weighted by Crippen LogP contribution is 2.41. The number of thioether (sulfide) groups is 1.